The molecule has 2 fully saturated rings. The summed E-state index contributed by atoms with van der Waals surface area (Å²) < 4.78 is 0. The summed E-state index contributed by atoms with van der Waals surface area (Å²) in [4.78, 5) is 35.6. The molecule has 1 aromatic carbocycles. The van der Waals surface area contributed by atoms with Crippen LogP contribution in [0.5, 0.6) is 0 Å². The average molecular weight is 372 g/mol. The molecule has 0 bridgehead atoms. The summed E-state index contributed by atoms with van der Waals surface area (Å²) >= 11 is 0. The van der Waals surface area contributed by atoms with E-state index in [1.54, 1.807) is 24.3 Å². The van der Waals surface area contributed by atoms with Crippen LogP contribution in [0.4, 0.5) is 5.69 Å². The predicted molar refractivity (Wildman–Crippen MR) is 102 cm³/mol. The molecule has 0 radical (unpaired) electrons. The summed E-state index contributed by atoms with van der Waals surface area (Å²) in [6.07, 6.45) is 7.43. The molecule has 2 aliphatic rings. The Morgan fingerprint density at radius 2 is 1.59 bits per heavy atom. The van der Waals surface area contributed by atoms with Gasteiger partial charge in [0.05, 0.1) is 6.42 Å². The van der Waals surface area contributed by atoms with Crippen LogP contribution in [0, 0.1) is 11.8 Å². The van der Waals surface area contributed by atoms with Gasteiger partial charge in [0, 0.05) is 23.6 Å². The molecule has 3 rings (SSSR count). The van der Waals surface area contributed by atoms with Crippen molar-refractivity contribution in [3.8, 4) is 0 Å². The van der Waals surface area contributed by atoms with E-state index >= 15 is 0 Å². The van der Waals surface area contributed by atoms with Gasteiger partial charge in [-0.25, -0.2) is 0 Å². The first kappa shape index (κ1) is 19.4. The maximum absolute atomic E-state index is 12.5. The monoisotopic (exact) mass is 372 g/mol. The third-order valence-corrected chi connectivity index (χ3v) is 5.72. The van der Waals surface area contributed by atoms with Gasteiger partial charge in [-0.05, 0) is 56.2 Å². The molecule has 146 valence electrons. The maximum Gasteiger partial charge on any atom is 0.307 e. The highest BCUT2D eigenvalue weighted by molar-refractivity contribution is 5.92. The molecule has 27 heavy (non-hydrogen) atoms. The molecule has 6 heteroatoms. The topological polar surface area (TPSA) is 95.5 Å². The average Bonchev–Trinajstić information content (AvgIpc) is 3.17. The molecule has 2 aliphatic carbocycles. The van der Waals surface area contributed by atoms with Crippen molar-refractivity contribution < 1.29 is 19.5 Å². The lowest BCUT2D eigenvalue weighted by atomic mass is 9.85. The molecule has 0 aromatic heterocycles. The van der Waals surface area contributed by atoms with Gasteiger partial charge >= 0.3 is 5.97 Å². The van der Waals surface area contributed by atoms with Gasteiger partial charge in [0.1, 0.15) is 0 Å². The second kappa shape index (κ2) is 9.02. The smallest absolute Gasteiger partial charge is 0.307 e. The lowest BCUT2D eigenvalue weighted by Crippen LogP contribution is -2.41. The number of hydrogen-bond acceptors (Lipinski definition) is 3. The van der Waals surface area contributed by atoms with Gasteiger partial charge < -0.3 is 15.7 Å². The maximum atomic E-state index is 12.5. The Kier molecular flexibility index (Phi) is 6.48. The normalized spacial score (nSPS) is 23.0. The summed E-state index contributed by atoms with van der Waals surface area (Å²) in [6, 6.07) is 7.16. The molecule has 0 unspecified atom stereocenters. The number of aliphatic carboxylic acids is 1. The summed E-state index contributed by atoms with van der Waals surface area (Å²) in [6.45, 7) is 0. The lowest BCUT2D eigenvalue weighted by Gasteiger charge is -2.29. The van der Waals surface area contributed by atoms with E-state index in [-0.39, 0.29) is 36.1 Å². The van der Waals surface area contributed by atoms with Gasteiger partial charge in [0.2, 0.25) is 11.8 Å². The number of nitrogens with one attached hydrogen (secondary N) is 2. The highest BCUT2D eigenvalue weighted by Crippen LogP contribution is 2.28. The van der Waals surface area contributed by atoms with Gasteiger partial charge in [-0.15, -0.1) is 0 Å². The van der Waals surface area contributed by atoms with E-state index in [1.807, 2.05) is 0 Å². The summed E-state index contributed by atoms with van der Waals surface area (Å²) in [5, 5.41) is 15.0. The number of amides is 2. The standard InChI is InChI=1S/C21H28N2O4/c24-19(25)13-14-4-3-7-18(12-14)23-21(27)16-8-10-17(11-9-16)22-20(26)15-5-1-2-6-15/h3-4,7,12,15-17H,1-2,5-6,8-11,13H2,(H,22,26)(H,23,27)(H,24,25). The van der Waals surface area contributed by atoms with E-state index in [0.29, 0.717) is 11.3 Å². The van der Waals surface area contributed by atoms with Crippen molar-refractivity contribution in [2.75, 3.05) is 5.32 Å². The summed E-state index contributed by atoms with van der Waals surface area (Å²) in [5.74, 6) is -0.605. The van der Waals surface area contributed by atoms with Gasteiger partial charge in [-0.3, -0.25) is 14.4 Å². The van der Waals surface area contributed by atoms with Gasteiger partial charge in [-0.2, -0.15) is 0 Å². The number of carboxylic acids is 1. The van der Waals surface area contributed by atoms with Crippen LogP contribution in [0.2, 0.25) is 0 Å². The first-order valence-electron chi connectivity index (χ1n) is 9.93. The van der Waals surface area contributed by atoms with Crippen LogP contribution >= 0.6 is 0 Å². The molecule has 3 N–H and O–H groups in total. The van der Waals surface area contributed by atoms with Crippen molar-refractivity contribution in [2.45, 2.75) is 63.8 Å². The van der Waals surface area contributed by atoms with Gasteiger partial charge in [-0.1, -0.05) is 25.0 Å². The predicted octanol–water partition coefficient (Wildman–Crippen LogP) is 3.12. The molecule has 0 aliphatic heterocycles. The van der Waals surface area contributed by atoms with Crippen molar-refractivity contribution in [3.63, 3.8) is 0 Å². The fourth-order valence-electron chi connectivity index (χ4n) is 4.18. The van der Waals surface area contributed by atoms with Crippen molar-refractivity contribution in [2.24, 2.45) is 11.8 Å². The Hall–Kier alpha value is -2.37. The number of hydrogen-bond donors (Lipinski definition) is 3. The van der Waals surface area contributed by atoms with E-state index in [2.05, 4.69) is 10.6 Å². The minimum atomic E-state index is -0.892. The third kappa shape index (κ3) is 5.55. The number of anilines is 1. The van der Waals surface area contributed by atoms with Crippen molar-refractivity contribution in [1.82, 2.24) is 5.32 Å². The molecule has 2 saturated carbocycles. The number of benzene rings is 1. The van der Waals surface area contributed by atoms with E-state index < -0.39 is 5.97 Å². The highest BCUT2D eigenvalue weighted by atomic mass is 16.4. The Morgan fingerprint density at radius 1 is 0.926 bits per heavy atom. The zero-order valence-corrected chi connectivity index (χ0v) is 15.6. The molecular formula is C21H28N2O4. The van der Waals surface area contributed by atoms with Crippen molar-refractivity contribution in [1.29, 1.82) is 0 Å². The number of carboxylic acid groups (broad SMARTS) is 1. The molecule has 0 heterocycles. The van der Waals surface area contributed by atoms with Crippen LogP contribution in [0.1, 0.15) is 56.9 Å². The molecule has 0 saturated heterocycles. The Balaban J connectivity index is 1.45. The van der Waals surface area contributed by atoms with Crippen LogP contribution in [0.15, 0.2) is 24.3 Å². The fourth-order valence-corrected chi connectivity index (χ4v) is 4.18. The van der Waals surface area contributed by atoms with Gasteiger partial charge in [0.25, 0.3) is 0 Å². The zero-order chi connectivity index (χ0) is 19.2. The van der Waals surface area contributed by atoms with Crippen LogP contribution in [0.3, 0.4) is 0 Å². The van der Waals surface area contributed by atoms with Crippen molar-refractivity contribution in [3.05, 3.63) is 29.8 Å². The molecule has 2 amide bonds. The van der Waals surface area contributed by atoms with Gasteiger partial charge in [0.15, 0.2) is 0 Å². The number of rotatable bonds is 6. The SMILES string of the molecule is O=C(O)Cc1cccc(NC(=O)C2CCC(NC(=O)C3CCCC3)CC2)c1. The number of carbonyl (C=O) groups is 3. The lowest BCUT2D eigenvalue weighted by molar-refractivity contribution is -0.136. The second-order valence-corrected chi connectivity index (χ2v) is 7.80. The first-order chi connectivity index (χ1) is 13.0. The van der Waals surface area contributed by atoms with Crippen LogP contribution in [-0.2, 0) is 20.8 Å². The van der Waals surface area contributed by atoms with E-state index in [4.69, 9.17) is 5.11 Å². The summed E-state index contributed by atoms with van der Waals surface area (Å²) in [5.41, 5.74) is 1.30. The van der Waals surface area contributed by atoms with Crippen LogP contribution < -0.4 is 10.6 Å². The molecule has 0 atom stereocenters. The van der Waals surface area contributed by atoms with Crippen LogP contribution in [-0.4, -0.2) is 28.9 Å². The minimum absolute atomic E-state index is 0.0250. The number of carbonyl (C=O) groups excluding carboxylic acids is 2. The van der Waals surface area contributed by atoms with Crippen molar-refractivity contribution >= 4 is 23.5 Å². The largest absolute Gasteiger partial charge is 0.481 e. The molecule has 6 nitrogen and oxygen atoms in total. The van der Waals surface area contributed by atoms with Crippen LogP contribution in [0.25, 0.3) is 0 Å². The Bertz CT molecular complexity index is 689. The van der Waals surface area contributed by atoms with E-state index in [0.717, 1.165) is 51.4 Å². The quantitative estimate of drug-likeness (QED) is 0.715. The molecule has 1 aromatic rings. The molecule has 0 spiro atoms. The highest BCUT2D eigenvalue weighted by Gasteiger charge is 2.29. The Labute approximate surface area is 159 Å². The first-order valence-corrected chi connectivity index (χ1v) is 9.93. The summed E-state index contributed by atoms with van der Waals surface area (Å²) in [7, 11) is 0. The molecular weight excluding hydrogens is 344 g/mol. The third-order valence-electron chi connectivity index (χ3n) is 5.72. The van der Waals surface area contributed by atoms with E-state index in [9.17, 15) is 14.4 Å². The minimum Gasteiger partial charge on any atom is -0.481 e. The van der Waals surface area contributed by atoms with E-state index in [1.165, 1.54) is 0 Å². The zero-order valence-electron chi connectivity index (χ0n) is 15.6. The fraction of sp³-hybridized carbons (Fsp3) is 0.571. The Morgan fingerprint density at radius 3 is 2.26 bits per heavy atom. The second-order valence-electron chi connectivity index (χ2n) is 7.80.